The number of carbonyl (C=O) groups excluding carboxylic acids is 3. The highest BCUT2D eigenvalue weighted by Gasteiger charge is 2.28. The van der Waals surface area contributed by atoms with Crippen molar-refractivity contribution in [2.24, 2.45) is 5.92 Å². The molecule has 2 heterocycles. The van der Waals surface area contributed by atoms with Gasteiger partial charge in [-0.2, -0.15) is 0 Å². The molecule has 1 atom stereocenters. The van der Waals surface area contributed by atoms with E-state index in [1.807, 2.05) is 11.4 Å². The molecule has 0 radical (unpaired) electrons. The minimum absolute atomic E-state index is 0.0351. The van der Waals surface area contributed by atoms with E-state index in [1.165, 1.54) is 11.3 Å². The van der Waals surface area contributed by atoms with Gasteiger partial charge in [0.1, 0.15) is 0 Å². The van der Waals surface area contributed by atoms with Crippen LogP contribution in [0.25, 0.3) is 0 Å². The van der Waals surface area contributed by atoms with Gasteiger partial charge in [-0.3, -0.25) is 14.4 Å². The van der Waals surface area contributed by atoms with Crippen molar-refractivity contribution in [3.63, 3.8) is 0 Å². The summed E-state index contributed by atoms with van der Waals surface area (Å²) in [7, 11) is 0. The molecule has 154 valence electrons. The van der Waals surface area contributed by atoms with Crippen LogP contribution in [0.5, 0.6) is 0 Å². The fourth-order valence-corrected chi connectivity index (χ4v) is 4.04. The van der Waals surface area contributed by atoms with Gasteiger partial charge in [-0.05, 0) is 48.9 Å². The number of anilines is 1. The van der Waals surface area contributed by atoms with Gasteiger partial charge in [0.25, 0.3) is 11.8 Å². The maximum Gasteiger partial charge on any atom is 0.265 e. The minimum atomic E-state index is -0.189. The number of hydrogen-bond donors (Lipinski definition) is 2. The summed E-state index contributed by atoms with van der Waals surface area (Å²) >= 11 is 1.37. The summed E-state index contributed by atoms with van der Waals surface area (Å²) in [4.78, 5) is 40.0. The molecule has 1 fully saturated rings. The van der Waals surface area contributed by atoms with Gasteiger partial charge in [0.15, 0.2) is 0 Å². The second-order valence-electron chi connectivity index (χ2n) is 7.25. The fourth-order valence-electron chi connectivity index (χ4n) is 3.42. The van der Waals surface area contributed by atoms with Crippen molar-refractivity contribution in [2.45, 2.75) is 32.6 Å². The van der Waals surface area contributed by atoms with E-state index in [9.17, 15) is 14.4 Å². The second kappa shape index (κ2) is 10.2. The van der Waals surface area contributed by atoms with Gasteiger partial charge in [-0.1, -0.05) is 25.5 Å². The second-order valence-corrected chi connectivity index (χ2v) is 8.19. The summed E-state index contributed by atoms with van der Waals surface area (Å²) in [5.74, 6) is -0.422. The Bertz CT molecular complexity index is 851. The molecule has 1 saturated heterocycles. The first-order chi connectivity index (χ1) is 14.1. The first-order valence-corrected chi connectivity index (χ1v) is 11.0. The van der Waals surface area contributed by atoms with Gasteiger partial charge in [-0.25, -0.2) is 0 Å². The maximum atomic E-state index is 13.0. The number of amides is 3. The zero-order valence-corrected chi connectivity index (χ0v) is 17.5. The lowest BCUT2D eigenvalue weighted by atomic mass is 9.96. The fraction of sp³-hybridized carbons (Fsp3) is 0.409. The smallest absolute Gasteiger partial charge is 0.265 e. The first-order valence-electron chi connectivity index (χ1n) is 10.1. The average molecular weight is 414 g/mol. The van der Waals surface area contributed by atoms with Crippen LogP contribution in [0.4, 0.5) is 5.69 Å². The predicted octanol–water partition coefficient (Wildman–Crippen LogP) is 3.77. The number of nitrogens with one attached hydrogen (secondary N) is 2. The van der Waals surface area contributed by atoms with Crippen LogP contribution in [0.3, 0.4) is 0 Å². The summed E-state index contributed by atoms with van der Waals surface area (Å²) in [6.45, 7) is 3.85. The van der Waals surface area contributed by atoms with Crippen molar-refractivity contribution in [1.29, 1.82) is 0 Å². The number of unbranched alkanes of at least 4 members (excludes halogenated alkanes) is 1. The summed E-state index contributed by atoms with van der Waals surface area (Å²) in [6, 6.07) is 10.5. The number of likely N-dealkylation sites (tertiary alicyclic amines) is 1. The summed E-state index contributed by atoms with van der Waals surface area (Å²) in [5, 5.41) is 7.66. The highest BCUT2D eigenvalue weighted by Crippen LogP contribution is 2.21. The topological polar surface area (TPSA) is 78.5 Å². The van der Waals surface area contributed by atoms with Crippen LogP contribution in [0.15, 0.2) is 41.8 Å². The number of nitrogens with zero attached hydrogens (tertiary/aromatic N) is 1. The summed E-state index contributed by atoms with van der Waals surface area (Å²) < 4.78 is 0. The van der Waals surface area contributed by atoms with Crippen LogP contribution in [0.1, 0.15) is 52.6 Å². The molecule has 0 aliphatic carbocycles. The van der Waals surface area contributed by atoms with Gasteiger partial charge in [0.05, 0.1) is 10.8 Å². The number of piperidine rings is 1. The first kappa shape index (κ1) is 21.0. The molecule has 1 aliphatic rings. The lowest BCUT2D eigenvalue weighted by molar-refractivity contribution is -0.126. The molecule has 1 aromatic heterocycles. The Morgan fingerprint density at radius 2 is 2.07 bits per heavy atom. The van der Waals surface area contributed by atoms with E-state index in [0.717, 1.165) is 25.7 Å². The molecule has 2 N–H and O–H groups in total. The third kappa shape index (κ3) is 5.67. The molecule has 6 nitrogen and oxygen atoms in total. The number of benzene rings is 1. The number of hydrogen-bond acceptors (Lipinski definition) is 4. The van der Waals surface area contributed by atoms with Gasteiger partial charge in [0.2, 0.25) is 5.91 Å². The van der Waals surface area contributed by atoms with E-state index in [2.05, 4.69) is 17.6 Å². The molecule has 0 saturated carbocycles. The number of rotatable bonds is 7. The third-order valence-corrected chi connectivity index (χ3v) is 5.89. The van der Waals surface area contributed by atoms with Crippen LogP contribution in [-0.4, -0.2) is 42.3 Å². The molecule has 3 rings (SSSR count). The van der Waals surface area contributed by atoms with E-state index in [0.29, 0.717) is 35.8 Å². The highest BCUT2D eigenvalue weighted by molar-refractivity contribution is 7.12. The Hall–Kier alpha value is -2.67. The van der Waals surface area contributed by atoms with Gasteiger partial charge < -0.3 is 15.5 Å². The number of carbonyl (C=O) groups is 3. The molecule has 0 bridgehead atoms. The van der Waals surface area contributed by atoms with Crippen LogP contribution in [0, 0.1) is 5.92 Å². The molecular weight excluding hydrogens is 386 g/mol. The average Bonchev–Trinajstić information content (AvgIpc) is 3.29. The van der Waals surface area contributed by atoms with Gasteiger partial charge in [0, 0.05) is 30.9 Å². The van der Waals surface area contributed by atoms with E-state index >= 15 is 0 Å². The normalized spacial score (nSPS) is 16.3. The van der Waals surface area contributed by atoms with E-state index in [4.69, 9.17) is 0 Å². The Kier molecular flexibility index (Phi) is 7.41. The lowest BCUT2D eigenvalue weighted by Crippen LogP contribution is -2.45. The molecule has 2 aromatic rings. The predicted molar refractivity (Wildman–Crippen MR) is 115 cm³/mol. The van der Waals surface area contributed by atoms with Crippen LogP contribution in [0.2, 0.25) is 0 Å². The molecule has 7 heteroatoms. The zero-order chi connectivity index (χ0) is 20.6. The Morgan fingerprint density at radius 1 is 1.21 bits per heavy atom. The molecule has 29 heavy (non-hydrogen) atoms. The largest absolute Gasteiger partial charge is 0.356 e. The van der Waals surface area contributed by atoms with Crippen molar-refractivity contribution >= 4 is 34.7 Å². The summed E-state index contributed by atoms with van der Waals surface area (Å²) in [6.07, 6.45) is 3.62. The third-order valence-electron chi connectivity index (χ3n) is 5.02. The van der Waals surface area contributed by atoms with Crippen molar-refractivity contribution in [2.75, 3.05) is 25.0 Å². The molecular formula is C22H27N3O3S. The standard InChI is InChI=1S/C22H27N3O3S/c1-2-3-11-23-20(26)17-8-5-12-25(15-17)22(28)16-7-4-9-18(14-16)24-21(27)19-10-6-13-29-19/h4,6-7,9-10,13-14,17H,2-3,5,8,11-12,15H2,1H3,(H,23,26)(H,24,27). The molecule has 3 amide bonds. The van der Waals surface area contributed by atoms with Crippen molar-refractivity contribution in [3.05, 3.63) is 52.2 Å². The van der Waals surface area contributed by atoms with Crippen LogP contribution in [-0.2, 0) is 4.79 Å². The molecule has 1 unspecified atom stereocenters. The molecule has 0 spiro atoms. The van der Waals surface area contributed by atoms with Crippen LogP contribution < -0.4 is 10.6 Å². The zero-order valence-electron chi connectivity index (χ0n) is 16.6. The maximum absolute atomic E-state index is 13.0. The van der Waals surface area contributed by atoms with E-state index in [-0.39, 0.29) is 23.6 Å². The Balaban J connectivity index is 1.62. The minimum Gasteiger partial charge on any atom is -0.356 e. The van der Waals surface area contributed by atoms with Crippen molar-refractivity contribution in [3.8, 4) is 0 Å². The van der Waals surface area contributed by atoms with E-state index < -0.39 is 0 Å². The summed E-state index contributed by atoms with van der Waals surface area (Å²) in [5.41, 5.74) is 1.10. The van der Waals surface area contributed by atoms with Crippen molar-refractivity contribution in [1.82, 2.24) is 10.2 Å². The number of thiophene rings is 1. The van der Waals surface area contributed by atoms with Gasteiger partial charge in [-0.15, -0.1) is 11.3 Å². The lowest BCUT2D eigenvalue weighted by Gasteiger charge is -2.32. The van der Waals surface area contributed by atoms with Crippen LogP contribution >= 0.6 is 11.3 Å². The quantitative estimate of drug-likeness (QED) is 0.678. The van der Waals surface area contributed by atoms with Crippen molar-refractivity contribution < 1.29 is 14.4 Å². The molecule has 1 aliphatic heterocycles. The highest BCUT2D eigenvalue weighted by atomic mass is 32.1. The Morgan fingerprint density at radius 3 is 2.83 bits per heavy atom. The molecule has 1 aromatic carbocycles. The monoisotopic (exact) mass is 413 g/mol. The SMILES string of the molecule is CCCCNC(=O)C1CCCN(C(=O)c2cccc(NC(=O)c3cccs3)c2)C1. The van der Waals surface area contributed by atoms with Gasteiger partial charge >= 0.3 is 0 Å². The van der Waals surface area contributed by atoms with E-state index in [1.54, 1.807) is 35.2 Å². The Labute approximate surface area is 175 Å².